The minimum atomic E-state index is 0.217. The molecule has 3 heteroatoms. The van der Waals surface area contributed by atoms with Gasteiger partial charge in [0.25, 0.3) is 0 Å². The number of aliphatic hydroxyl groups is 1. The summed E-state index contributed by atoms with van der Waals surface area (Å²) in [7, 11) is 0. The summed E-state index contributed by atoms with van der Waals surface area (Å²) in [5.41, 5.74) is 1.92. The van der Waals surface area contributed by atoms with Gasteiger partial charge in [-0.25, -0.2) is 0 Å². The van der Waals surface area contributed by atoms with Crippen LogP contribution in [-0.2, 0) is 6.42 Å². The van der Waals surface area contributed by atoms with Crippen LogP contribution in [0, 0.1) is 6.92 Å². The summed E-state index contributed by atoms with van der Waals surface area (Å²) in [5.74, 6) is 1.17. The molecule has 1 aromatic rings. The average molecular weight is 226 g/mol. The zero-order valence-corrected chi connectivity index (χ0v) is 10.0. The molecule has 1 unspecified atom stereocenters. The number of rotatable bonds is 5. The van der Waals surface area contributed by atoms with E-state index in [1.165, 1.54) is 0 Å². The van der Waals surface area contributed by atoms with E-state index in [-0.39, 0.29) is 6.61 Å². The van der Waals surface area contributed by atoms with Crippen molar-refractivity contribution in [1.82, 2.24) is 0 Å². The molecule has 0 aliphatic heterocycles. The minimum Gasteiger partial charge on any atom is -0.507 e. The number of hydrogen-bond donors (Lipinski definition) is 2. The fourth-order valence-electron chi connectivity index (χ4n) is 1.51. The molecular formula is C12H18O2S. The Morgan fingerprint density at radius 2 is 2.13 bits per heavy atom. The van der Waals surface area contributed by atoms with E-state index in [1.807, 2.05) is 25.1 Å². The summed E-state index contributed by atoms with van der Waals surface area (Å²) >= 11 is 1.72. The molecular weight excluding hydrogens is 208 g/mol. The Labute approximate surface area is 95.3 Å². The fourth-order valence-corrected chi connectivity index (χ4v) is 2.31. The number of para-hydroxylation sites is 1. The molecule has 15 heavy (non-hydrogen) atoms. The number of phenols is 1. The van der Waals surface area contributed by atoms with Gasteiger partial charge in [-0.05, 0) is 24.5 Å². The lowest BCUT2D eigenvalue weighted by Gasteiger charge is -2.12. The zero-order chi connectivity index (χ0) is 11.3. The maximum Gasteiger partial charge on any atom is 0.121 e. The van der Waals surface area contributed by atoms with Crippen LogP contribution in [0.5, 0.6) is 5.75 Å². The number of phenolic OH excluding ortho intramolecular Hbond substituents is 1. The molecule has 1 rings (SSSR count). The van der Waals surface area contributed by atoms with Gasteiger partial charge in [-0.1, -0.05) is 25.1 Å². The highest BCUT2D eigenvalue weighted by Crippen LogP contribution is 2.25. The summed E-state index contributed by atoms with van der Waals surface area (Å²) in [6, 6.07) is 5.83. The molecule has 0 saturated carbocycles. The van der Waals surface area contributed by atoms with Crippen LogP contribution in [0.3, 0.4) is 0 Å². The van der Waals surface area contributed by atoms with Crippen molar-refractivity contribution in [2.75, 3.05) is 12.4 Å². The van der Waals surface area contributed by atoms with E-state index in [4.69, 9.17) is 5.11 Å². The SMILES string of the molecule is Cc1cccc(CC(C)SCCO)c1O. The molecule has 0 aromatic heterocycles. The molecule has 0 aliphatic carbocycles. The Hall–Kier alpha value is -0.670. The summed E-state index contributed by atoms with van der Waals surface area (Å²) in [6.07, 6.45) is 0.845. The van der Waals surface area contributed by atoms with Crippen molar-refractivity contribution in [2.45, 2.75) is 25.5 Å². The van der Waals surface area contributed by atoms with E-state index >= 15 is 0 Å². The van der Waals surface area contributed by atoms with Gasteiger partial charge >= 0.3 is 0 Å². The van der Waals surface area contributed by atoms with Crippen LogP contribution in [0.1, 0.15) is 18.1 Å². The van der Waals surface area contributed by atoms with Crippen LogP contribution in [0.2, 0.25) is 0 Å². The van der Waals surface area contributed by atoms with E-state index in [0.717, 1.165) is 23.3 Å². The predicted octanol–water partition coefficient (Wildman–Crippen LogP) is 2.36. The number of benzene rings is 1. The highest BCUT2D eigenvalue weighted by molar-refractivity contribution is 7.99. The highest BCUT2D eigenvalue weighted by Gasteiger charge is 2.08. The largest absolute Gasteiger partial charge is 0.507 e. The zero-order valence-electron chi connectivity index (χ0n) is 9.23. The van der Waals surface area contributed by atoms with E-state index in [1.54, 1.807) is 11.8 Å². The van der Waals surface area contributed by atoms with Gasteiger partial charge in [-0.15, -0.1) is 0 Å². The summed E-state index contributed by atoms with van der Waals surface area (Å²) < 4.78 is 0. The van der Waals surface area contributed by atoms with Crippen LogP contribution in [0.4, 0.5) is 0 Å². The lowest BCUT2D eigenvalue weighted by atomic mass is 10.1. The van der Waals surface area contributed by atoms with Crippen LogP contribution < -0.4 is 0 Å². The van der Waals surface area contributed by atoms with Gasteiger partial charge in [0.2, 0.25) is 0 Å². The molecule has 0 fully saturated rings. The lowest BCUT2D eigenvalue weighted by Crippen LogP contribution is -2.04. The number of hydrogen-bond acceptors (Lipinski definition) is 3. The molecule has 2 nitrogen and oxygen atoms in total. The normalized spacial score (nSPS) is 12.7. The van der Waals surface area contributed by atoms with E-state index < -0.39 is 0 Å². The van der Waals surface area contributed by atoms with Crippen molar-refractivity contribution in [3.05, 3.63) is 29.3 Å². The summed E-state index contributed by atoms with van der Waals surface area (Å²) in [6.45, 7) is 4.24. The molecule has 0 amide bonds. The third kappa shape index (κ3) is 3.76. The number of aryl methyl sites for hydroxylation is 1. The fraction of sp³-hybridized carbons (Fsp3) is 0.500. The molecule has 84 valence electrons. The quantitative estimate of drug-likeness (QED) is 0.809. The Morgan fingerprint density at radius 3 is 2.80 bits per heavy atom. The smallest absolute Gasteiger partial charge is 0.121 e. The molecule has 2 N–H and O–H groups in total. The second-order valence-corrected chi connectivity index (χ2v) is 5.24. The molecule has 0 heterocycles. The standard InChI is InChI=1S/C12H18O2S/c1-9-4-3-5-11(12(9)14)8-10(2)15-7-6-13/h3-5,10,13-14H,6-8H2,1-2H3. The van der Waals surface area contributed by atoms with Crippen molar-refractivity contribution in [2.24, 2.45) is 0 Å². The summed E-state index contributed by atoms with van der Waals surface area (Å²) in [5, 5.41) is 18.9. The first-order valence-electron chi connectivity index (χ1n) is 5.15. The molecule has 1 atom stereocenters. The molecule has 0 saturated heterocycles. The van der Waals surface area contributed by atoms with Crippen molar-refractivity contribution in [3.8, 4) is 5.75 Å². The number of thioether (sulfide) groups is 1. The predicted molar refractivity (Wildman–Crippen MR) is 65.6 cm³/mol. The monoisotopic (exact) mass is 226 g/mol. The van der Waals surface area contributed by atoms with Crippen LogP contribution >= 0.6 is 11.8 Å². The molecule has 0 radical (unpaired) electrons. The highest BCUT2D eigenvalue weighted by atomic mass is 32.2. The Balaban J connectivity index is 2.60. The van der Waals surface area contributed by atoms with Gasteiger partial charge in [0.1, 0.15) is 5.75 Å². The second-order valence-electron chi connectivity index (χ2n) is 3.69. The third-order valence-corrected chi connectivity index (χ3v) is 3.48. The first-order valence-corrected chi connectivity index (χ1v) is 6.20. The number of aliphatic hydroxyl groups excluding tert-OH is 1. The minimum absolute atomic E-state index is 0.217. The van der Waals surface area contributed by atoms with E-state index in [0.29, 0.717) is 11.0 Å². The van der Waals surface area contributed by atoms with Crippen LogP contribution in [-0.4, -0.2) is 27.8 Å². The molecule has 0 bridgehead atoms. The average Bonchev–Trinajstić information content (AvgIpc) is 2.22. The maximum atomic E-state index is 9.81. The lowest BCUT2D eigenvalue weighted by molar-refractivity contribution is 0.322. The van der Waals surface area contributed by atoms with Gasteiger partial charge in [-0.2, -0.15) is 11.8 Å². The number of aromatic hydroxyl groups is 1. The molecule has 0 aliphatic rings. The van der Waals surface area contributed by atoms with Crippen molar-refractivity contribution in [3.63, 3.8) is 0 Å². The maximum absolute atomic E-state index is 9.81. The second kappa shape index (κ2) is 6.03. The third-order valence-electron chi connectivity index (χ3n) is 2.32. The van der Waals surface area contributed by atoms with Crippen molar-refractivity contribution < 1.29 is 10.2 Å². The Morgan fingerprint density at radius 1 is 1.40 bits per heavy atom. The van der Waals surface area contributed by atoms with Gasteiger partial charge < -0.3 is 10.2 Å². The first kappa shape index (κ1) is 12.4. The Bertz CT molecular complexity index is 312. The van der Waals surface area contributed by atoms with Gasteiger partial charge in [-0.3, -0.25) is 0 Å². The first-order chi connectivity index (χ1) is 7.15. The van der Waals surface area contributed by atoms with Crippen LogP contribution in [0.15, 0.2) is 18.2 Å². The summed E-state index contributed by atoms with van der Waals surface area (Å²) in [4.78, 5) is 0. The van der Waals surface area contributed by atoms with Crippen LogP contribution in [0.25, 0.3) is 0 Å². The molecule has 0 spiro atoms. The Kier molecular flexibility index (Phi) is 4.99. The van der Waals surface area contributed by atoms with Gasteiger partial charge in [0.05, 0.1) is 6.61 Å². The van der Waals surface area contributed by atoms with Gasteiger partial charge in [0, 0.05) is 11.0 Å². The van der Waals surface area contributed by atoms with Crippen molar-refractivity contribution >= 4 is 11.8 Å². The van der Waals surface area contributed by atoms with Gasteiger partial charge in [0.15, 0.2) is 0 Å². The van der Waals surface area contributed by atoms with Crippen molar-refractivity contribution in [1.29, 1.82) is 0 Å². The van der Waals surface area contributed by atoms with E-state index in [2.05, 4.69) is 6.92 Å². The molecule has 1 aromatic carbocycles. The topological polar surface area (TPSA) is 40.5 Å². The van der Waals surface area contributed by atoms with E-state index in [9.17, 15) is 5.11 Å².